The number of anilines is 1. The zero-order valence-corrected chi connectivity index (χ0v) is 18.7. The molecule has 1 aliphatic rings. The molecule has 0 fully saturated rings. The van der Waals surface area contributed by atoms with Crippen LogP contribution in [0, 0.1) is 0 Å². The number of fused-ring (bicyclic) bond motifs is 1. The van der Waals surface area contributed by atoms with Crippen LogP contribution in [0.2, 0.25) is 0 Å². The van der Waals surface area contributed by atoms with Crippen LogP contribution in [0.3, 0.4) is 0 Å². The average molecular weight is 488 g/mol. The van der Waals surface area contributed by atoms with Crippen LogP contribution in [-0.2, 0) is 25.9 Å². The monoisotopic (exact) mass is 488 g/mol. The van der Waals surface area contributed by atoms with Crippen molar-refractivity contribution < 1.29 is 33.0 Å². The Morgan fingerprint density at radius 3 is 2.49 bits per heavy atom. The molecule has 8 nitrogen and oxygen atoms in total. The lowest BCUT2D eigenvalue weighted by Crippen LogP contribution is -2.30. The van der Waals surface area contributed by atoms with E-state index in [0.29, 0.717) is 30.0 Å². The fourth-order valence-electron chi connectivity index (χ4n) is 4.13. The van der Waals surface area contributed by atoms with E-state index in [0.717, 1.165) is 12.1 Å². The molecule has 0 aliphatic carbocycles. The summed E-state index contributed by atoms with van der Waals surface area (Å²) < 4.78 is 40.9. The van der Waals surface area contributed by atoms with Gasteiger partial charge in [0.15, 0.2) is 0 Å². The summed E-state index contributed by atoms with van der Waals surface area (Å²) in [6.45, 7) is 2.24. The Morgan fingerprint density at radius 1 is 1.14 bits per heavy atom. The third-order valence-electron chi connectivity index (χ3n) is 5.89. The molecule has 1 amide bonds. The number of aromatic carboxylic acids is 1. The zero-order chi connectivity index (χ0) is 25.3. The van der Waals surface area contributed by atoms with Crippen molar-refractivity contribution >= 4 is 17.7 Å². The molecule has 4 rings (SSSR count). The van der Waals surface area contributed by atoms with Crippen LogP contribution in [-0.4, -0.2) is 38.4 Å². The minimum absolute atomic E-state index is 0.120. The minimum Gasteiger partial charge on any atom is -0.478 e. The van der Waals surface area contributed by atoms with Gasteiger partial charge in [0.25, 0.3) is 5.91 Å². The Labute approximate surface area is 198 Å². The SMILES string of the molecule is C[C@H](NC(=O)c1c(CO)nn2c1N(Cc1cccc(C(F)(F)F)c1)CC2)c1ccc(C(=O)O)cc1. The highest BCUT2D eigenvalue weighted by molar-refractivity contribution is 6.00. The van der Waals surface area contributed by atoms with Gasteiger partial charge < -0.3 is 20.4 Å². The van der Waals surface area contributed by atoms with Crippen LogP contribution in [0.5, 0.6) is 0 Å². The molecule has 184 valence electrons. The number of aliphatic hydroxyl groups excluding tert-OH is 1. The number of alkyl halides is 3. The van der Waals surface area contributed by atoms with Crippen LogP contribution in [0.25, 0.3) is 0 Å². The minimum atomic E-state index is -4.46. The average Bonchev–Trinajstić information content (AvgIpc) is 3.38. The second-order valence-corrected chi connectivity index (χ2v) is 8.27. The van der Waals surface area contributed by atoms with Gasteiger partial charge in [-0.15, -0.1) is 0 Å². The van der Waals surface area contributed by atoms with Gasteiger partial charge in [0, 0.05) is 13.1 Å². The third-order valence-corrected chi connectivity index (χ3v) is 5.89. The van der Waals surface area contributed by atoms with Crippen LogP contribution in [0.4, 0.5) is 19.0 Å². The summed E-state index contributed by atoms with van der Waals surface area (Å²) in [6, 6.07) is 10.6. The zero-order valence-electron chi connectivity index (χ0n) is 18.7. The summed E-state index contributed by atoms with van der Waals surface area (Å²) in [5, 5.41) is 26.0. The van der Waals surface area contributed by atoms with E-state index in [1.165, 1.54) is 18.2 Å². The molecule has 2 aromatic carbocycles. The first kappa shape index (κ1) is 24.3. The molecule has 11 heteroatoms. The van der Waals surface area contributed by atoms with Crippen molar-refractivity contribution in [1.82, 2.24) is 15.1 Å². The molecule has 0 saturated carbocycles. The van der Waals surface area contributed by atoms with Crippen LogP contribution < -0.4 is 10.2 Å². The standard InChI is InChI=1S/C24H23F3N4O4/c1-14(16-5-7-17(8-6-16)23(34)35)28-21(33)20-19(13-32)29-31-10-9-30(22(20)31)12-15-3-2-4-18(11-15)24(25,26)27/h2-8,11,14,32H,9-10,12-13H2,1H3,(H,28,33)(H,34,35)/t14-/m0/s1. The van der Waals surface area contributed by atoms with E-state index < -0.39 is 36.3 Å². The Morgan fingerprint density at radius 2 is 1.86 bits per heavy atom. The maximum absolute atomic E-state index is 13.2. The Balaban J connectivity index is 1.58. The van der Waals surface area contributed by atoms with Crippen molar-refractivity contribution in [1.29, 1.82) is 0 Å². The van der Waals surface area contributed by atoms with E-state index in [4.69, 9.17) is 5.11 Å². The van der Waals surface area contributed by atoms with Crippen molar-refractivity contribution in [2.75, 3.05) is 11.4 Å². The maximum atomic E-state index is 13.2. The number of benzene rings is 2. The molecular weight excluding hydrogens is 465 g/mol. The van der Waals surface area contributed by atoms with Crippen LogP contribution >= 0.6 is 0 Å². The lowest BCUT2D eigenvalue weighted by Gasteiger charge is -2.21. The number of nitrogens with one attached hydrogen (secondary N) is 1. The van der Waals surface area contributed by atoms with Crippen molar-refractivity contribution in [2.45, 2.75) is 38.8 Å². The quantitative estimate of drug-likeness (QED) is 0.469. The Bertz CT molecular complexity index is 1250. The highest BCUT2D eigenvalue weighted by Crippen LogP contribution is 2.33. The van der Waals surface area contributed by atoms with E-state index in [-0.39, 0.29) is 23.4 Å². The van der Waals surface area contributed by atoms with Crippen molar-refractivity contribution in [2.24, 2.45) is 0 Å². The molecule has 3 N–H and O–H groups in total. The highest BCUT2D eigenvalue weighted by atomic mass is 19.4. The molecule has 0 unspecified atom stereocenters. The van der Waals surface area contributed by atoms with Gasteiger partial charge in [-0.2, -0.15) is 18.3 Å². The Hall–Kier alpha value is -3.86. The molecule has 0 radical (unpaired) electrons. The number of aliphatic hydroxyl groups is 1. The normalized spacial score (nSPS) is 14.0. The first-order valence-corrected chi connectivity index (χ1v) is 10.8. The number of hydrogen-bond donors (Lipinski definition) is 3. The van der Waals surface area contributed by atoms with E-state index in [9.17, 15) is 27.9 Å². The lowest BCUT2D eigenvalue weighted by molar-refractivity contribution is -0.137. The molecule has 0 bridgehead atoms. The number of amides is 1. The number of carboxylic acid groups (broad SMARTS) is 1. The lowest BCUT2D eigenvalue weighted by atomic mass is 10.1. The smallest absolute Gasteiger partial charge is 0.416 e. The van der Waals surface area contributed by atoms with Crippen LogP contribution in [0.1, 0.15) is 56.1 Å². The highest BCUT2D eigenvalue weighted by Gasteiger charge is 2.33. The van der Waals surface area contributed by atoms with E-state index >= 15 is 0 Å². The summed E-state index contributed by atoms with van der Waals surface area (Å²) >= 11 is 0. The summed E-state index contributed by atoms with van der Waals surface area (Å²) in [5.74, 6) is -1.13. The fourth-order valence-corrected chi connectivity index (χ4v) is 4.13. The summed E-state index contributed by atoms with van der Waals surface area (Å²) in [5.41, 5.74) is 0.802. The molecule has 1 aliphatic heterocycles. The predicted molar refractivity (Wildman–Crippen MR) is 120 cm³/mol. The van der Waals surface area contributed by atoms with Gasteiger partial charge in [0.2, 0.25) is 0 Å². The number of halogens is 3. The van der Waals surface area contributed by atoms with Gasteiger partial charge in [-0.05, 0) is 42.3 Å². The second kappa shape index (κ2) is 9.41. The first-order valence-electron chi connectivity index (χ1n) is 10.8. The van der Waals surface area contributed by atoms with Gasteiger partial charge in [-0.3, -0.25) is 4.79 Å². The maximum Gasteiger partial charge on any atom is 0.416 e. The summed E-state index contributed by atoms with van der Waals surface area (Å²) in [6.07, 6.45) is -4.46. The number of carbonyl (C=O) groups is 2. The predicted octanol–water partition coefficient (Wildman–Crippen LogP) is 3.60. The third kappa shape index (κ3) is 4.99. The topological polar surface area (TPSA) is 108 Å². The number of hydrogen-bond acceptors (Lipinski definition) is 5. The molecule has 1 aromatic heterocycles. The number of nitrogens with zero attached hydrogens (tertiary/aromatic N) is 3. The summed E-state index contributed by atoms with van der Waals surface area (Å²) in [4.78, 5) is 26.1. The van der Waals surface area contributed by atoms with Crippen molar-refractivity contribution in [3.05, 3.63) is 82.0 Å². The fraction of sp³-hybridized carbons (Fsp3) is 0.292. The molecule has 35 heavy (non-hydrogen) atoms. The van der Waals surface area contributed by atoms with Crippen LogP contribution in [0.15, 0.2) is 48.5 Å². The van der Waals surface area contributed by atoms with Gasteiger partial charge in [-0.25, -0.2) is 9.48 Å². The molecule has 1 atom stereocenters. The molecule has 0 spiro atoms. The van der Waals surface area contributed by atoms with E-state index in [1.54, 1.807) is 34.7 Å². The van der Waals surface area contributed by atoms with Crippen molar-refractivity contribution in [3.63, 3.8) is 0 Å². The van der Waals surface area contributed by atoms with E-state index in [2.05, 4.69) is 10.4 Å². The van der Waals surface area contributed by atoms with E-state index in [1.807, 2.05) is 0 Å². The molecular formula is C24H23F3N4O4. The molecule has 0 saturated heterocycles. The van der Waals surface area contributed by atoms with Gasteiger partial charge in [0.05, 0.1) is 30.3 Å². The van der Waals surface area contributed by atoms with Gasteiger partial charge in [-0.1, -0.05) is 24.3 Å². The number of carbonyl (C=O) groups excluding carboxylic acids is 1. The van der Waals surface area contributed by atoms with Gasteiger partial charge in [0.1, 0.15) is 17.1 Å². The molecule has 2 heterocycles. The summed E-state index contributed by atoms with van der Waals surface area (Å²) in [7, 11) is 0. The van der Waals surface area contributed by atoms with Gasteiger partial charge >= 0.3 is 12.1 Å². The number of rotatable bonds is 7. The largest absolute Gasteiger partial charge is 0.478 e. The van der Waals surface area contributed by atoms with Crippen molar-refractivity contribution in [3.8, 4) is 0 Å². The Kier molecular flexibility index (Phi) is 6.53. The second-order valence-electron chi connectivity index (χ2n) is 8.27. The molecule has 3 aromatic rings. The number of aromatic nitrogens is 2. The number of carboxylic acids is 1. The first-order chi connectivity index (χ1) is 16.6.